The highest BCUT2D eigenvalue weighted by molar-refractivity contribution is 9.10. The Kier molecular flexibility index (Phi) is 5.93. The van der Waals surface area contributed by atoms with Gasteiger partial charge in [0.2, 0.25) is 0 Å². The van der Waals surface area contributed by atoms with Crippen molar-refractivity contribution in [3.05, 3.63) is 68.9 Å². The minimum atomic E-state index is -0.858. The molecular weight excluding hydrogens is 445 g/mol. The fraction of sp³-hybridized carbons (Fsp3) is 0.238. The van der Waals surface area contributed by atoms with Gasteiger partial charge in [0.25, 0.3) is 0 Å². The number of furan rings is 1. The van der Waals surface area contributed by atoms with Gasteiger partial charge in [0, 0.05) is 15.9 Å². The molecule has 0 amide bonds. The van der Waals surface area contributed by atoms with Gasteiger partial charge < -0.3 is 19.2 Å². The molecule has 1 aromatic heterocycles. The summed E-state index contributed by atoms with van der Waals surface area (Å²) in [5.74, 6) is -1.98. The molecule has 1 aliphatic heterocycles. The van der Waals surface area contributed by atoms with E-state index in [4.69, 9.17) is 13.9 Å². The van der Waals surface area contributed by atoms with Crippen molar-refractivity contribution in [2.45, 2.75) is 19.8 Å². The largest absolute Gasteiger partial charge is 0.466 e. The van der Waals surface area contributed by atoms with Crippen LogP contribution in [0.4, 0.5) is 4.39 Å². The van der Waals surface area contributed by atoms with Crippen molar-refractivity contribution in [1.29, 1.82) is 0 Å². The molecular formula is C21H19BrFNO5. The zero-order chi connectivity index (χ0) is 21.3. The van der Waals surface area contributed by atoms with Crippen molar-refractivity contribution in [2.75, 3.05) is 14.2 Å². The molecule has 0 spiro atoms. The van der Waals surface area contributed by atoms with E-state index in [1.807, 2.05) is 0 Å². The summed E-state index contributed by atoms with van der Waals surface area (Å²) in [5.41, 5.74) is 1.75. The number of benzene rings is 1. The molecule has 3 rings (SSSR count). The van der Waals surface area contributed by atoms with E-state index in [0.717, 1.165) is 0 Å². The number of nitrogens with one attached hydrogen (secondary N) is 1. The number of ether oxygens (including phenoxy) is 2. The lowest BCUT2D eigenvalue weighted by Crippen LogP contribution is -2.31. The zero-order valence-electron chi connectivity index (χ0n) is 16.3. The van der Waals surface area contributed by atoms with Crippen molar-refractivity contribution in [3.63, 3.8) is 0 Å². The van der Waals surface area contributed by atoms with E-state index >= 15 is 0 Å². The van der Waals surface area contributed by atoms with Crippen molar-refractivity contribution >= 4 is 27.9 Å². The van der Waals surface area contributed by atoms with Crippen molar-refractivity contribution < 1.29 is 27.9 Å². The molecule has 2 aromatic rings. The summed E-state index contributed by atoms with van der Waals surface area (Å²) < 4.78 is 30.7. The third-order valence-corrected chi connectivity index (χ3v) is 5.17. The highest BCUT2D eigenvalue weighted by atomic mass is 79.9. The van der Waals surface area contributed by atoms with Gasteiger partial charge in [-0.3, -0.25) is 0 Å². The lowest BCUT2D eigenvalue weighted by Gasteiger charge is -2.28. The molecule has 6 nitrogen and oxygen atoms in total. The average Bonchev–Trinajstić information content (AvgIpc) is 3.15. The maximum Gasteiger partial charge on any atom is 0.336 e. The van der Waals surface area contributed by atoms with E-state index in [2.05, 4.69) is 21.2 Å². The first-order chi connectivity index (χ1) is 13.8. The molecule has 0 atom stereocenters. The standard InChI is InChI=1S/C21H19BrFNO5/c1-10-17(20(25)27-3)19(18(11(2)24-10)21(26)28-4)16-8-7-15(29-16)13-6-5-12(22)9-14(13)23/h5-9,19,24H,1-4H3. The second-order valence-corrected chi connectivity index (χ2v) is 7.36. The Hall–Kier alpha value is -2.87. The molecule has 8 heteroatoms. The average molecular weight is 464 g/mol. The first kappa shape index (κ1) is 20.9. The Morgan fingerprint density at radius 2 is 1.62 bits per heavy atom. The second kappa shape index (κ2) is 8.24. The van der Waals surface area contributed by atoms with Crippen LogP contribution in [0.1, 0.15) is 25.5 Å². The van der Waals surface area contributed by atoms with Crippen LogP contribution in [0.2, 0.25) is 0 Å². The second-order valence-electron chi connectivity index (χ2n) is 6.44. The molecule has 0 unspecified atom stereocenters. The van der Waals surface area contributed by atoms with Crippen LogP contribution in [0.25, 0.3) is 11.3 Å². The molecule has 2 heterocycles. The number of rotatable bonds is 4. The summed E-state index contributed by atoms with van der Waals surface area (Å²) in [6, 6.07) is 7.81. The number of hydrogen-bond acceptors (Lipinski definition) is 6. The van der Waals surface area contributed by atoms with Crippen LogP contribution in [0, 0.1) is 5.82 Å². The third-order valence-electron chi connectivity index (χ3n) is 4.68. The van der Waals surface area contributed by atoms with Gasteiger partial charge in [-0.05, 0) is 44.2 Å². The summed E-state index contributed by atoms with van der Waals surface area (Å²) in [6.45, 7) is 3.41. The van der Waals surface area contributed by atoms with Crippen LogP contribution in [-0.4, -0.2) is 26.2 Å². The fourth-order valence-electron chi connectivity index (χ4n) is 3.38. The topological polar surface area (TPSA) is 77.8 Å². The Labute approximate surface area is 175 Å². The predicted molar refractivity (Wildman–Crippen MR) is 107 cm³/mol. The third kappa shape index (κ3) is 3.85. The van der Waals surface area contributed by atoms with Crippen molar-refractivity contribution in [3.8, 4) is 11.3 Å². The fourth-order valence-corrected chi connectivity index (χ4v) is 3.71. The van der Waals surface area contributed by atoms with Crippen LogP contribution in [0.3, 0.4) is 0 Å². The Morgan fingerprint density at radius 3 is 2.14 bits per heavy atom. The minimum Gasteiger partial charge on any atom is -0.466 e. The zero-order valence-corrected chi connectivity index (χ0v) is 17.8. The summed E-state index contributed by atoms with van der Waals surface area (Å²) in [7, 11) is 2.51. The molecule has 0 bridgehead atoms. The summed E-state index contributed by atoms with van der Waals surface area (Å²) in [5, 5.41) is 3.01. The van der Waals surface area contributed by atoms with Gasteiger partial charge in [-0.1, -0.05) is 15.9 Å². The smallest absolute Gasteiger partial charge is 0.336 e. The van der Waals surface area contributed by atoms with Crippen LogP contribution in [-0.2, 0) is 19.1 Å². The number of carbonyl (C=O) groups excluding carboxylic acids is 2. The van der Waals surface area contributed by atoms with E-state index in [9.17, 15) is 14.0 Å². The van der Waals surface area contributed by atoms with Crippen LogP contribution in [0.5, 0.6) is 0 Å². The molecule has 1 aliphatic rings. The van der Waals surface area contributed by atoms with E-state index in [0.29, 0.717) is 21.6 Å². The Bertz CT molecular complexity index is 1020. The molecule has 1 N–H and O–H groups in total. The van der Waals surface area contributed by atoms with Gasteiger partial charge in [-0.2, -0.15) is 0 Å². The van der Waals surface area contributed by atoms with E-state index in [1.54, 1.807) is 38.1 Å². The number of methoxy groups -OCH3 is 2. The summed E-state index contributed by atoms with van der Waals surface area (Å²) >= 11 is 3.22. The number of halogens is 2. The molecule has 0 saturated heterocycles. The van der Waals surface area contributed by atoms with E-state index in [1.165, 1.54) is 20.3 Å². The SMILES string of the molecule is COC(=O)C1=C(C)NC(C)=C(C(=O)OC)C1c1ccc(-c2ccc(Br)cc2F)o1. The molecule has 29 heavy (non-hydrogen) atoms. The first-order valence-corrected chi connectivity index (χ1v) is 9.48. The van der Waals surface area contributed by atoms with Gasteiger partial charge >= 0.3 is 11.9 Å². The van der Waals surface area contributed by atoms with Gasteiger partial charge in [-0.15, -0.1) is 0 Å². The van der Waals surface area contributed by atoms with E-state index in [-0.39, 0.29) is 22.5 Å². The van der Waals surface area contributed by atoms with Gasteiger partial charge in [0.15, 0.2) is 0 Å². The highest BCUT2D eigenvalue weighted by Gasteiger charge is 2.39. The summed E-state index contributed by atoms with van der Waals surface area (Å²) in [6.07, 6.45) is 0. The summed E-state index contributed by atoms with van der Waals surface area (Å²) in [4.78, 5) is 25.0. The molecule has 0 saturated carbocycles. The first-order valence-electron chi connectivity index (χ1n) is 8.68. The number of allylic oxidation sites excluding steroid dienone is 2. The molecule has 152 valence electrons. The Morgan fingerprint density at radius 1 is 1.03 bits per heavy atom. The normalized spacial score (nSPS) is 14.7. The maximum absolute atomic E-state index is 14.4. The number of hydrogen-bond donors (Lipinski definition) is 1. The van der Waals surface area contributed by atoms with Gasteiger partial charge in [0.1, 0.15) is 17.3 Å². The van der Waals surface area contributed by atoms with Crippen LogP contribution >= 0.6 is 15.9 Å². The van der Waals surface area contributed by atoms with Gasteiger partial charge in [0.05, 0.1) is 36.8 Å². The van der Waals surface area contributed by atoms with E-state index < -0.39 is 23.7 Å². The monoisotopic (exact) mass is 463 g/mol. The number of esters is 2. The van der Waals surface area contributed by atoms with Gasteiger partial charge in [-0.25, -0.2) is 14.0 Å². The van der Waals surface area contributed by atoms with Crippen molar-refractivity contribution in [2.24, 2.45) is 0 Å². The number of carbonyl (C=O) groups is 2. The quantitative estimate of drug-likeness (QED) is 0.675. The predicted octanol–water partition coefficient (Wildman–Crippen LogP) is 4.43. The Balaban J connectivity index is 2.16. The highest BCUT2D eigenvalue weighted by Crippen LogP contribution is 2.41. The number of dihydropyridines is 1. The van der Waals surface area contributed by atoms with Crippen molar-refractivity contribution in [1.82, 2.24) is 5.32 Å². The molecule has 0 fully saturated rings. The molecule has 0 aliphatic carbocycles. The molecule has 0 radical (unpaired) electrons. The maximum atomic E-state index is 14.4. The minimum absolute atomic E-state index is 0.218. The van der Waals surface area contributed by atoms with Crippen LogP contribution < -0.4 is 5.32 Å². The van der Waals surface area contributed by atoms with Crippen LogP contribution in [0.15, 0.2) is 61.8 Å². The lowest BCUT2D eigenvalue weighted by atomic mass is 9.83. The lowest BCUT2D eigenvalue weighted by molar-refractivity contribution is -0.137. The molecule has 1 aromatic carbocycles.